The highest BCUT2D eigenvalue weighted by molar-refractivity contribution is 7.09. The van der Waals surface area contributed by atoms with Crippen molar-refractivity contribution in [3.05, 3.63) is 52.0 Å². The third kappa shape index (κ3) is 7.91. The number of nitrogens with zero attached hydrogens (tertiary/aromatic N) is 2. The second-order valence-corrected chi connectivity index (χ2v) is 13.7. The summed E-state index contributed by atoms with van der Waals surface area (Å²) >= 11 is 1.52. The predicted octanol–water partition coefficient (Wildman–Crippen LogP) is 5.57. The van der Waals surface area contributed by atoms with Crippen molar-refractivity contribution in [2.24, 2.45) is 17.3 Å². The molecule has 0 saturated carbocycles. The van der Waals surface area contributed by atoms with E-state index in [9.17, 15) is 24.6 Å². The van der Waals surface area contributed by atoms with Crippen LogP contribution in [0.15, 0.2) is 41.3 Å². The van der Waals surface area contributed by atoms with Crippen LogP contribution in [0.1, 0.15) is 77.4 Å². The number of Topliss-reactive ketones (excluding diaryl/α,β-unsaturated/α-hetero) is 1. The topological polar surface area (TPSA) is 126 Å². The summed E-state index contributed by atoms with van der Waals surface area (Å²) < 4.78 is 11.6. The van der Waals surface area contributed by atoms with Gasteiger partial charge in [0, 0.05) is 17.7 Å². The van der Waals surface area contributed by atoms with E-state index in [0.29, 0.717) is 25.0 Å². The Morgan fingerprint density at radius 1 is 1.14 bits per heavy atom. The Bertz CT molecular complexity index is 1320. The molecule has 0 aliphatic carbocycles. The molecule has 2 aromatic rings. The number of fused-ring (bicyclic) bond motifs is 1. The van der Waals surface area contributed by atoms with Crippen molar-refractivity contribution in [1.82, 2.24) is 9.88 Å². The van der Waals surface area contributed by atoms with Gasteiger partial charge >= 0.3 is 12.1 Å². The van der Waals surface area contributed by atoms with Crippen molar-refractivity contribution >= 4 is 35.3 Å². The second kappa shape index (κ2) is 13.7. The van der Waals surface area contributed by atoms with Gasteiger partial charge in [-0.3, -0.25) is 14.5 Å². The fraction of sp³-hybridized carbons (Fsp3) is 0.576. The molecule has 2 aliphatic rings. The molecule has 2 saturated heterocycles. The molecule has 2 fully saturated rings. The lowest BCUT2D eigenvalue weighted by Gasteiger charge is -2.34. The summed E-state index contributed by atoms with van der Waals surface area (Å²) in [7, 11) is 0. The lowest BCUT2D eigenvalue weighted by atomic mass is 9.73. The molecule has 4 rings (SSSR count). The summed E-state index contributed by atoms with van der Waals surface area (Å²) in [5, 5.41) is 24.9. The van der Waals surface area contributed by atoms with E-state index in [1.165, 1.54) is 11.3 Å². The number of rotatable bonds is 3. The minimum absolute atomic E-state index is 0.132. The molecule has 0 unspecified atom stereocenters. The first kappa shape index (κ1) is 32.8. The number of aliphatic hydroxyl groups is 2. The maximum Gasteiger partial charge on any atom is 0.415 e. The number of carbonyl (C=O) groups is 3. The number of esters is 1. The van der Waals surface area contributed by atoms with E-state index in [1.54, 1.807) is 49.9 Å². The van der Waals surface area contributed by atoms with Crippen LogP contribution < -0.4 is 4.74 Å². The number of ketones is 1. The smallest absolute Gasteiger partial charge is 0.415 e. The van der Waals surface area contributed by atoms with Crippen LogP contribution in [0.2, 0.25) is 0 Å². The van der Waals surface area contributed by atoms with Crippen LogP contribution in [-0.4, -0.2) is 68.3 Å². The van der Waals surface area contributed by atoms with Crippen molar-refractivity contribution in [1.29, 1.82) is 0 Å². The zero-order valence-corrected chi connectivity index (χ0v) is 26.7. The van der Waals surface area contributed by atoms with Crippen LogP contribution in [0.4, 0.5) is 4.79 Å². The highest BCUT2D eigenvalue weighted by Gasteiger charge is 2.53. The number of aliphatic hydroxyl groups excluding tert-OH is 2. The number of aryl methyl sites for hydroxylation is 1. The van der Waals surface area contributed by atoms with E-state index in [2.05, 4.69) is 4.98 Å². The van der Waals surface area contributed by atoms with Crippen molar-refractivity contribution < 1.29 is 34.1 Å². The third-order valence-corrected chi connectivity index (χ3v) is 9.77. The molecule has 2 aliphatic heterocycles. The Morgan fingerprint density at radius 3 is 2.49 bits per heavy atom. The molecule has 7 atom stereocenters. The Balaban J connectivity index is 1.63. The molecule has 1 aromatic heterocycles. The van der Waals surface area contributed by atoms with E-state index in [1.807, 2.05) is 38.3 Å². The molecular weight excluding hydrogens is 568 g/mol. The van der Waals surface area contributed by atoms with Gasteiger partial charge in [0.05, 0.1) is 46.8 Å². The van der Waals surface area contributed by atoms with Gasteiger partial charge < -0.3 is 19.7 Å². The van der Waals surface area contributed by atoms with Gasteiger partial charge in [0.15, 0.2) is 0 Å². The van der Waals surface area contributed by atoms with Crippen molar-refractivity contribution in [2.75, 3.05) is 0 Å². The lowest BCUT2D eigenvalue weighted by Crippen LogP contribution is -2.45. The molecule has 0 bridgehead atoms. The largest absolute Gasteiger partial charge is 0.458 e. The maximum atomic E-state index is 13.4. The summed E-state index contributed by atoms with van der Waals surface area (Å²) in [5.41, 5.74) is 0.245. The molecule has 9 nitrogen and oxygen atoms in total. The molecule has 1 amide bonds. The SMILES string of the molecule is CC(=Cc1csc(C)n1)[C@@H]1C[C@H]2[C@@H](CCC[C@H](C)[C@H](O)[C@@H](C)C(=O)C(C)(C)[C@@H](O)CC(=O)O1)N2C(=O)Oc1ccccc1. The molecule has 2 N–H and O–H groups in total. The van der Waals surface area contributed by atoms with Gasteiger partial charge in [0.25, 0.3) is 0 Å². The highest BCUT2D eigenvalue weighted by atomic mass is 32.1. The molecule has 1 aromatic carbocycles. The molecule has 0 spiro atoms. The number of ether oxygens (including phenoxy) is 2. The fourth-order valence-corrected chi connectivity index (χ4v) is 6.58. The monoisotopic (exact) mass is 612 g/mol. The summed E-state index contributed by atoms with van der Waals surface area (Å²) in [4.78, 5) is 46.1. The van der Waals surface area contributed by atoms with Crippen LogP contribution >= 0.6 is 11.3 Å². The second-order valence-electron chi connectivity index (χ2n) is 12.6. The highest BCUT2D eigenvalue weighted by Crippen LogP contribution is 2.40. The molecule has 0 radical (unpaired) electrons. The number of amides is 1. The molecule has 234 valence electrons. The fourth-order valence-electron chi connectivity index (χ4n) is 6.01. The normalized spacial score (nSPS) is 30.7. The number of benzene rings is 1. The minimum Gasteiger partial charge on any atom is -0.458 e. The van der Waals surface area contributed by atoms with Crippen molar-refractivity contribution in [3.8, 4) is 5.75 Å². The van der Waals surface area contributed by atoms with Gasteiger partial charge in [0.2, 0.25) is 0 Å². The third-order valence-electron chi connectivity index (χ3n) is 8.97. The Kier molecular flexibility index (Phi) is 10.5. The molecule has 43 heavy (non-hydrogen) atoms. The van der Waals surface area contributed by atoms with Gasteiger partial charge in [-0.15, -0.1) is 11.3 Å². The Hall–Kier alpha value is -3.08. The number of hydrogen-bond acceptors (Lipinski definition) is 9. The molecule has 3 heterocycles. The van der Waals surface area contributed by atoms with E-state index in [-0.39, 0.29) is 30.2 Å². The van der Waals surface area contributed by atoms with Gasteiger partial charge in [-0.05, 0) is 56.4 Å². The van der Waals surface area contributed by atoms with Gasteiger partial charge in [0.1, 0.15) is 17.6 Å². The first-order valence-electron chi connectivity index (χ1n) is 15.0. The van der Waals surface area contributed by atoms with Crippen LogP contribution in [0.3, 0.4) is 0 Å². The number of para-hydroxylation sites is 1. The quantitative estimate of drug-likeness (QED) is 0.340. The van der Waals surface area contributed by atoms with E-state index in [4.69, 9.17) is 9.47 Å². The van der Waals surface area contributed by atoms with Crippen molar-refractivity contribution in [2.45, 2.75) is 104 Å². The Morgan fingerprint density at radius 2 is 1.84 bits per heavy atom. The zero-order valence-electron chi connectivity index (χ0n) is 25.9. The predicted molar refractivity (Wildman–Crippen MR) is 164 cm³/mol. The standard InChI is InChI=1S/C33H44N2O7S/c1-19-11-10-14-25-26(35(25)32(40)41-24-12-8-7-9-13-24)16-27(20(2)15-23-18-43-22(4)34-23)42-29(37)17-28(36)33(5,6)31(39)21(3)30(19)38/h7-9,12-13,15,18-19,21,25-28,30,36,38H,10-11,14,16-17H2,1-6H3/t19-,21+,25+,26-,27-,28-,30-,35?/m0/s1. The van der Waals surface area contributed by atoms with Gasteiger partial charge in [-0.25, -0.2) is 9.78 Å². The number of hydrogen-bond donors (Lipinski definition) is 2. The summed E-state index contributed by atoms with van der Waals surface area (Å²) in [6.45, 7) is 10.6. The number of carbonyl (C=O) groups excluding carboxylic acids is 3. The van der Waals surface area contributed by atoms with Gasteiger partial charge in [-0.2, -0.15) is 0 Å². The Labute approximate surface area is 257 Å². The number of thiazole rings is 1. The zero-order chi connectivity index (χ0) is 31.5. The lowest BCUT2D eigenvalue weighted by molar-refractivity contribution is -0.154. The van der Waals surface area contributed by atoms with Crippen LogP contribution in [0.25, 0.3) is 6.08 Å². The van der Waals surface area contributed by atoms with E-state index >= 15 is 0 Å². The summed E-state index contributed by atoms with van der Waals surface area (Å²) in [5.74, 6) is -1.41. The number of aromatic nitrogens is 1. The first-order valence-corrected chi connectivity index (χ1v) is 15.9. The van der Waals surface area contributed by atoms with E-state index < -0.39 is 41.7 Å². The number of cyclic esters (lactones) is 1. The summed E-state index contributed by atoms with van der Waals surface area (Å²) in [6.07, 6.45) is 0.531. The molecule has 10 heteroatoms. The maximum absolute atomic E-state index is 13.4. The minimum atomic E-state index is -1.30. The average molecular weight is 613 g/mol. The van der Waals surface area contributed by atoms with Crippen molar-refractivity contribution in [3.63, 3.8) is 0 Å². The average Bonchev–Trinajstić information content (AvgIpc) is 3.49. The van der Waals surface area contributed by atoms with Crippen LogP contribution in [0, 0.1) is 24.2 Å². The molecular formula is C33H44N2O7S. The van der Waals surface area contributed by atoms with Crippen LogP contribution in [-0.2, 0) is 14.3 Å². The van der Waals surface area contributed by atoms with Crippen LogP contribution in [0.5, 0.6) is 5.75 Å². The van der Waals surface area contributed by atoms with E-state index in [0.717, 1.165) is 22.7 Å². The first-order chi connectivity index (χ1) is 20.3. The van der Waals surface area contributed by atoms with Gasteiger partial charge in [-0.1, -0.05) is 52.3 Å². The summed E-state index contributed by atoms with van der Waals surface area (Å²) in [6, 6.07) is 8.51.